The van der Waals surface area contributed by atoms with Crippen LogP contribution in [0.2, 0.25) is 0 Å². The molecule has 0 fully saturated rings. The number of rotatable bonds is 6. The predicted molar refractivity (Wildman–Crippen MR) is 101 cm³/mol. The molecule has 2 amide bonds. The van der Waals surface area contributed by atoms with Crippen LogP contribution in [0.1, 0.15) is 23.0 Å². The zero-order chi connectivity index (χ0) is 18.4. The highest BCUT2D eigenvalue weighted by molar-refractivity contribution is 8.02. The van der Waals surface area contributed by atoms with Crippen LogP contribution in [0.5, 0.6) is 0 Å². The van der Waals surface area contributed by atoms with Gasteiger partial charge in [0.2, 0.25) is 0 Å². The Morgan fingerprint density at radius 3 is 2.77 bits per heavy atom. The number of amides is 2. The van der Waals surface area contributed by atoms with Gasteiger partial charge in [0.05, 0.1) is 24.1 Å². The van der Waals surface area contributed by atoms with Crippen LogP contribution in [0.4, 0.5) is 5.69 Å². The van der Waals surface area contributed by atoms with Crippen LogP contribution in [0.15, 0.2) is 58.2 Å². The van der Waals surface area contributed by atoms with Crippen LogP contribution in [0.3, 0.4) is 0 Å². The molecule has 1 aliphatic rings. The smallest absolute Gasteiger partial charge is 0.291 e. The van der Waals surface area contributed by atoms with E-state index in [1.54, 1.807) is 35.9 Å². The topological polar surface area (TPSA) is 80.6 Å². The number of hydrogen-bond donors (Lipinski definition) is 2. The maximum atomic E-state index is 12.6. The van der Waals surface area contributed by atoms with Crippen LogP contribution >= 0.6 is 11.8 Å². The molecule has 0 aliphatic carbocycles. The Hall–Kier alpha value is -2.67. The summed E-state index contributed by atoms with van der Waals surface area (Å²) < 4.78 is 10.7. The van der Waals surface area contributed by atoms with Gasteiger partial charge in [-0.05, 0) is 31.2 Å². The second-order valence-electron chi connectivity index (χ2n) is 5.86. The lowest BCUT2D eigenvalue weighted by molar-refractivity contribution is -0.116. The van der Waals surface area contributed by atoms with E-state index in [0.29, 0.717) is 24.3 Å². The molecule has 3 rings (SSSR count). The molecule has 6 nitrogen and oxygen atoms in total. The lowest BCUT2D eigenvalue weighted by atomic mass is 10.1. The molecule has 26 heavy (non-hydrogen) atoms. The van der Waals surface area contributed by atoms with Gasteiger partial charge in [-0.25, -0.2) is 0 Å². The number of thioether (sulfide) groups is 1. The number of nitrogens with one attached hydrogen (secondary N) is 2. The first-order chi connectivity index (χ1) is 12.6. The van der Waals surface area contributed by atoms with E-state index in [2.05, 4.69) is 10.6 Å². The Balaban J connectivity index is 1.66. The number of carbonyl (C=O) groups excluding carboxylic acids is 2. The molecular formula is C19H20N2O4S. The first-order valence-electron chi connectivity index (χ1n) is 8.31. The third-order valence-corrected chi connectivity index (χ3v) is 4.54. The van der Waals surface area contributed by atoms with E-state index in [-0.39, 0.29) is 23.6 Å². The number of furan rings is 1. The molecule has 0 bridgehead atoms. The van der Waals surface area contributed by atoms with Crippen LogP contribution in [0, 0.1) is 0 Å². The van der Waals surface area contributed by atoms with Crippen LogP contribution < -0.4 is 10.6 Å². The summed E-state index contributed by atoms with van der Waals surface area (Å²) in [6.07, 6.45) is 2.19. The molecule has 1 atom stereocenters. The highest BCUT2D eigenvalue weighted by Crippen LogP contribution is 2.20. The highest BCUT2D eigenvalue weighted by Gasteiger charge is 2.19. The first kappa shape index (κ1) is 18.1. The Morgan fingerprint density at radius 1 is 1.19 bits per heavy atom. The first-order valence-corrected chi connectivity index (χ1v) is 9.36. The minimum absolute atomic E-state index is 0.113. The third-order valence-electron chi connectivity index (χ3n) is 3.76. The van der Waals surface area contributed by atoms with Gasteiger partial charge in [0.15, 0.2) is 5.76 Å². The summed E-state index contributed by atoms with van der Waals surface area (Å²) in [5, 5.41) is 7.37. The molecule has 7 heteroatoms. The van der Waals surface area contributed by atoms with Crippen molar-refractivity contribution in [1.29, 1.82) is 0 Å². The molecule has 1 aromatic carbocycles. The Morgan fingerprint density at radius 2 is 2.04 bits per heavy atom. The van der Waals surface area contributed by atoms with E-state index >= 15 is 0 Å². The van der Waals surface area contributed by atoms with Gasteiger partial charge in [-0.15, -0.1) is 11.8 Å². The normalized spacial score (nSPS) is 14.7. The summed E-state index contributed by atoms with van der Waals surface area (Å²) in [6, 6.07) is 10.5. The molecule has 2 heterocycles. The largest absolute Gasteiger partial charge is 0.487 e. The fourth-order valence-corrected chi connectivity index (χ4v) is 3.17. The highest BCUT2D eigenvalue weighted by atomic mass is 32.2. The van der Waals surface area contributed by atoms with E-state index in [1.807, 2.05) is 19.1 Å². The van der Waals surface area contributed by atoms with Gasteiger partial charge in [-0.2, -0.15) is 0 Å². The average molecular weight is 372 g/mol. The van der Waals surface area contributed by atoms with E-state index in [9.17, 15) is 9.59 Å². The number of anilines is 1. The molecule has 2 N–H and O–H groups in total. The molecule has 1 aromatic heterocycles. The fraction of sp³-hybridized carbons (Fsp3) is 0.263. The number of carbonyl (C=O) groups is 2. The summed E-state index contributed by atoms with van der Waals surface area (Å²) >= 11 is 1.53. The van der Waals surface area contributed by atoms with Crippen LogP contribution in [-0.4, -0.2) is 30.2 Å². The van der Waals surface area contributed by atoms with E-state index in [0.717, 1.165) is 11.5 Å². The van der Waals surface area contributed by atoms with Gasteiger partial charge in [0.1, 0.15) is 5.76 Å². The summed E-state index contributed by atoms with van der Waals surface area (Å²) in [6.45, 7) is 2.40. The second kappa shape index (κ2) is 8.62. The summed E-state index contributed by atoms with van der Waals surface area (Å²) in [5.41, 5.74) is 0.844. The second-order valence-corrected chi connectivity index (χ2v) is 6.84. The predicted octanol–water partition coefficient (Wildman–Crippen LogP) is 3.18. The molecule has 1 unspecified atom stereocenters. The maximum Gasteiger partial charge on any atom is 0.291 e. The Kier molecular flexibility index (Phi) is 6.01. The maximum absolute atomic E-state index is 12.6. The summed E-state index contributed by atoms with van der Waals surface area (Å²) in [4.78, 5) is 24.9. The van der Waals surface area contributed by atoms with E-state index in [1.165, 1.54) is 11.8 Å². The van der Waals surface area contributed by atoms with Crippen molar-refractivity contribution in [1.82, 2.24) is 5.32 Å². The van der Waals surface area contributed by atoms with E-state index < -0.39 is 0 Å². The van der Waals surface area contributed by atoms with Crippen LogP contribution in [0.25, 0.3) is 0 Å². The number of para-hydroxylation sites is 1. The van der Waals surface area contributed by atoms with Crippen molar-refractivity contribution < 1.29 is 18.7 Å². The molecular weight excluding hydrogens is 352 g/mol. The van der Waals surface area contributed by atoms with Gasteiger partial charge in [-0.3, -0.25) is 9.59 Å². The number of hydrogen-bond acceptors (Lipinski definition) is 5. The van der Waals surface area contributed by atoms with Crippen molar-refractivity contribution in [3.63, 3.8) is 0 Å². The lowest BCUT2D eigenvalue weighted by Gasteiger charge is -2.17. The standard InChI is InChI=1S/C19H20N2O4S/c1-13(11-14-5-4-8-24-14)20-18(22)15-6-2-3-7-16(15)21-19(23)17-12-26-10-9-25-17/h2-8,12-13H,9-11H2,1H3,(H,20,22)(H,21,23). The van der Waals surface area contributed by atoms with Gasteiger partial charge >= 0.3 is 0 Å². The molecule has 0 saturated carbocycles. The lowest BCUT2D eigenvalue weighted by Crippen LogP contribution is -2.34. The van der Waals surface area contributed by atoms with Gasteiger partial charge < -0.3 is 19.8 Å². The summed E-state index contributed by atoms with van der Waals surface area (Å²) in [7, 11) is 0. The van der Waals surface area contributed by atoms with Crippen molar-refractivity contribution in [2.75, 3.05) is 17.7 Å². The van der Waals surface area contributed by atoms with Crippen LogP contribution in [-0.2, 0) is 16.0 Å². The van der Waals surface area contributed by atoms with Crippen molar-refractivity contribution in [2.24, 2.45) is 0 Å². The average Bonchev–Trinajstić information content (AvgIpc) is 3.15. The zero-order valence-corrected chi connectivity index (χ0v) is 15.2. The summed E-state index contributed by atoms with van der Waals surface area (Å²) in [5.74, 6) is 1.28. The fourth-order valence-electron chi connectivity index (χ4n) is 2.54. The van der Waals surface area contributed by atoms with Crippen molar-refractivity contribution >= 4 is 29.3 Å². The Labute approximate surface area is 156 Å². The monoisotopic (exact) mass is 372 g/mol. The minimum atomic E-state index is -0.360. The SMILES string of the molecule is CC(Cc1ccco1)NC(=O)c1ccccc1NC(=O)C1=CSCCO1. The minimum Gasteiger partial charge on any atom is -0.487 e. The van der Waals surface area contributed by atoms with Gasteiger partial charge in [0.25, 0.3) is 11.8 Å². The molecule has 1 aliphatic heterocycles. The molecule has 0 saturated heterocycles. The molecule has 2 aromatic rings. The van der Waals surface area contributed by atoms with Gasteiger partial charge in [-0.1, -0.05) is 12.1 Å². The Bertz CT molecular complexity index is 802. The van der Waals surface area contributed by atoms with Crippen molar-refractivity contribution in [2.45, 2.75) is 19.4 Å². The number of ether oxygens (including phenoxy) is 1. The van der Waals surface area contributed by atoms with E-state index in [4.69, 9.17) is 9.15 Å². The number of benzene rings is 1. The van der Waals surface area contributed by atoms with Gasteiger partial charge in [0, 0.05) is 23.6 Å². The molecule has 136 valence electrons. The van der Waals surface area contributed by atoms with Crippen molar-refractivity contribution in [3.8, 4) is 0 Å². The zero-order valence-electron chi connectivity index (χ0n) is 14.4. The molecule has 0 spiro atoms. The molecule has 0 radical (unpaired) electrons. The van der Waals surface area contributed by atoms with Crippen molar-refractivity contribution in [3.05, 3.63) is 65.2 Å². The quantitative estimate of drug-likeness (QED) is 0.814. The third kappa shape index (κ3) is 4.70.